The molecule has 0 bridgehead atoms. The van der Waals surface area contributed by atoms with Crippen LogP contribution in [-0.4, -0.2) is 22.9 Å². The zero-order chi connectivity index (χ0) is 15.2. The van der Waals surface area contributed by atoms with E-state index in [1.54, 1.807) is 0 Å². The molecule has 0 atom stereocenters. The highest BCUT2D eigenvalue weighted by Crippen LogP contribution is 2.21. The minimum atomic E-state index is 0.652. The van der Waals surface area contributed by atoms with Gasteiger partial charge in [0.15, 0.2) is 0 Å². The van der Waals surface area contributed by atoms with Crippen LogP contribution in [0.2, 0.25) is 0 Å². The van der Waals surface area contributed by atoms with Crippen molar-refractivity contribution in [1.29, 1.82) is 0 Å². The van der Waals surface area contributed by atoms with Crippen LogP contribution in [0.4, 0.5) is 0 Å². The van der Waals surface area contributed by atoms with Crippen LogP contribution < -0.4 is 10.1 Å². The van der Waals surface area contributed by atoms with Gasteiger partial charge < -0.3 is 10.1 Å². The molecule has 0 amide bonds. The molecule has 0 fully saturated rings. The van der Waals surface area contributed by atoms with Gasteiger partial charge >= 0.3 is 0 Å². The number of hydrogen-bond donors (Lipinski definition) is 1. The van der Waals surface area contributed by atoms with Gasteiger partial charge in [-0.25, -0.2) is 0 Å². The Hall–Kier alpha value is -1.33. The first kappa shape index (κ1) is 16.0. The molecule has 1 heterocycles. The van der Waals surface area contributed by atoms with Crippen molar-refractivity contribution in [3.05, 3.63) is 45.7 Å². The summed E-state index contributed by atoms with van der Waals surface area (Å²) in [5, 5.41) is 7.87. The first-order valence-electron chi connectivity index (χ1n) is 7.22. The van der Waals surface area contributed by atoms with Gasteiger partial charge in [-0.2, -0.15) is 5.10 Å². The van der Waals surface area contributed by atoms with Gasteiger partial charge in [0.05, 0.1) is 15.9 Å². The maximum absolute atomic E-state index is 5.71. The Labute approximate surface area is 134 Å². The molecule has 1 N–H and O–H groups in total. The standard InChI is InChI=1S/C16H22BrN3O/c1-4-14-16(17)15(20(3)19-14)11-18-8-9-21-13-7-5-6-12(2)10-13/h5-7,10,18H,4,8-9,11H2,1-3H3. The molecule has 0 saturated heterocycles. The van der Waals surface area contributed by atoms with Crippen molar-refractivity contribution >= 4 is 15.9 Å². The molecule has 0 aliphatic heterocycles. The fourth-order valence-electron chi connectivity index (χ4n) is 2.16. The van der Waals surface area contributed by atoms with Gasteiger partial charge in [-0.05, 0) is 47.0 Å². The third kappa shape index (κ3) is 4.32. The SMILES string of the molecule is CCc1nn(C)c(CNCCOc2cccc(C)c2)c1Br. The number of ether oxygens (including phenoxy) is 1. The average molecular weight is 352 g/mol. The lowest BCUT2D eigenvalue weighted by molar-refractivity contribution is 0.312. The second-order valence-corrected chi connectivity index (χ2v) is 5.82. The number of nitrogens with one attached hydrogen (secondary N) is 1. The summed E-state index contributed by atoms with van der Waals surface area (Å²) in [5.74, 6) is 0.923. The van der Waals surface area contributed by atoms with Crippen molar-refractivity contribution in [2.45, 2.75) is 26.8 Å². The molecule has 1 aromatic carbocycles. The Balaban J connectivity index is 1.76. The number of halogens is 1. The maximum atomic E-state index is 5.71. The predicted molar refractivity (Wildman–Crippen MR) is 88.7 cm³/mol. The summed E-state index contributed by atoms with van der Waals surface area (Å²) in [6.45, 7) is 6.41. The molecule has 2 aromatic rings. The van der Waals surface area contributed by atoms with Crippen LogP contribution in [-0.2, 0) is 20.0 Å². The van der Waals surface area contributed by atoms with Crippen molar-refractivity contribution in [2.24, 2.45) is 7.05 Å². The largest absolute Gasteiger partial charge is 0.492 e. The molecule has 0 saturated carbocycles. The van der Waals surface area contributed by atoms with E-state index in [0.717, 1.165) is 35.4 Å². The fourth-order valence-corrected chi connectivity index (χ4v) is 2.92. The molecule has 0 aliphatic rings. The quantitative estimate of drug-likeness (QED) is 0.778. The molecule has 0 radical (unpaired) electrons. The zero-order valence-electron chi connectivity index (χ0n) is 12.8. The summed E-state index contributed by atoms with van der Waals surface area (Å²) in [6.07, 6.45) is 0.935. The number of rotatable bonds is 7. The van der Waals surface area contributed by atoms with Gasteiger partial charge in [0.1, 0.15) is 12.4 Å². The number of aryl methyl sites for hydroxylation is 3. The third-order valence-electron chi connectivity index (χ3n) is 3.33. The van der Waals surface area contributed by atoms with E-state index in [9.17, 15) is 0 Å². The van der Waals surface area contributed by atoms with Gasteiger partial charge in [-0.1, -0.05) is 19.1 Å². The highest BCUT2D eigenvalue weighted by atomic mass is 79.9. The van der Waals surface area contributed by atoms with Crippen molar-refractivity contribution < 1.29 is 4.74 Å². The van der Waals surface area contributed by atoms with Crippen LogP contribution >= 0.6 is 15.9 Å². The van der Waals surface area contributed by atoms with Gasteiger partial charge in [0, 0.05) is 20.1 Å². The normalized spacial score (nSPS) is 10.9. The van der Waals surface area contributed by atoms with E-state index in [2.05, 4.69) is 46.3 Å². The van der Waals surface area contributed by atoms with E-state index >= 15 is 0 Å². The van der Waals surface area contributed by atoms with Gasteiger partial charge in [0.25, 0.3) is 0 Å². The van der Waals surface area contributed by atoms with E-state index in [1.807, 2.05) is 29.9 Å². The second kappa shape index (κ2) is 7.61. The van der Waals surface area contributed by atoms with Crippen LogP contribution in [0.5, 0.6) is 5.75 Å². The summed E-state index contributed by atoms with van der Waals surface area (Å²) < 4.78 is 8.75. The summed E-state index contributed by atoms with van der Waals surface area (Å²) in [7, 11) is 1.98. The first-order valence-corrected chi connectivity index (χ1v) is 8.01. The highest BCUT2D eigenvalue weighted by molar-refractivity contribution is 9.10. The molecule has 4 nitrogen and oxygen atoms in total. The Morgan fingerprint density at radius 3 is 2.86 bits per heavy atom. The second-order valence-electron chi connectivity index (χ2n) is 5.03. The van der Waals surface area contributed by atoms with E-state index in [1.165, 1.54) is 11.3 Å². The lowest BCUT2D eigenvalue weighted by Gasteiger charge is -2.08. The van der Waals surface area contributed by atoms with Crippen LogP contribution in [0.15, 0.2) is 28.7 Å². The summed E-state index contributed by atoms with van der Waals surface area (Å²) in [5.41, 5.74) is 3.49. The van der Waals surface area contributed by atoms with Crippen molar-refractivity contribution in [3.8, 4) is 5.75 Å². The molecule has 0 spiro atoms. The molecule has 2 rings (SSSR count). The molecule has 21 heavy (non-hydrogen) atoms. The average Bonchev–Trinajstić information content (AvgIpc) is 2.74. The lowest BCUT2D eigenvalue weighted by Crippen LogP contribution is -2.22. The van der Waals surface area contributed by atoms with Crippen LogP contribution in [0.1, 0.15) is 23.9 Å². The molecular formula is C16H22BrN3O. The summed E-state index contributed by atoms with van der Waals surface area (Å²) >= 11 is 3.62. The Bertz CT molecular complexity index is 595. The van der Waals surface area contributed by atoms with Gasteiger partial charge in [-0.3, -0.25) is 4.68 Å². The van der Waals surface area contributed by atoms with Gasteiger partial charge in [-0.15, -0.1) is 0 Å². The monoisotopic (exact) mass is 351 g/mol. The van der Waals surface area contributed by atoms with E-state index in [0.29, 0.717) is 6.61 Å². The summed E-state index contributed by atoms with van der Waals surface area (Å²) in [6, 6.07) is 8.11. The number of benzene rings is 1. The summed E-state index contributed by atoms with van der Waals surface area (Å²) in [4.78, 5) is 0. The van der Waals surface area contributed by atoms with Crippen LogP contribution in [0, 0.1) is 6.92 Å². The molecule has 114 valence electrons. The van der Waals surface area contributed by atoms with Crippen LogP contribution in [0.25, 0.3) is 0 Å². The van der Waals surface area contributed by atoms with Crippen LogP contribution in [0.3, 0.4) is 0 Å². The highest BCUT2D eigenvalue weighted by Gasteiger charge is 2.11. The Morgan fingerprint density at radius 2 is 2.19 bits per heavy atom. The Kier molecular flexibility index (Phi) is 5.82. The maximum Gasteiger partial charge on any atom is 0.119 e. The predicted octanol–water partition coefficient (Wildman–Crippen LogP) is 3.22. The molecule has 5 heteroatoms. The lowest BCUT2D eigenvalue weighted by atomic mass is 10.2. The molecular weight excluding hydrogens is 330 g/mol. The van der Waals surface area contributed by atoms with E-state index < -0.39 is 0 Å². The first-order chi connectivity index (χ1) is 10.1. The van der Waals surface area contributed by atoms with Crippen molar-refractivity contribution in [2.75, 3.05) is 13.2 Å². The van der Waals surface area contributed by atoms with Crippen molar-refractivity contribution in [1.82, 2.24) is 15.1 Å². The third-order valence-corrected chi connectivity index (χ3v) is 4.25. The minimum Gasteiger partial charge on any atom is -0.492 e. The fraction of sp³-hybridized carbons (Fsp3) is 0.438. The minimum absolute atomic E-state index is 0.652. The molecule has 1 aromatic heterocycles. The number of hydrogen-bond acceptors (Lipinski definition) is 3. The smallest absolute Gasteiger partial charge is 0.119 e. The van der Waals surface area contributed by atoms with E-state index in [4.69, 9.17) is 4.74 Å². The topological polar surface area (TPSA) is 39.1 Å². The Morgan fingerprint density at radius 1 is 1.38 bits per heavy atom. The van der Waals surface area contributed by atoms with Crippen molar-refractivity contribution in [3.63, 3.8) is 0 Å². The molecule has 0 aliphatic carbocycles. The van der Waals surface area contributed by atoms with E-state index in [-0.39, 0.29) is 0 Å². The number of nitrogens with zero attached hydrogens (tertiary/aromatic N) is 2. The molecule has 0 unspecified atom stereocenters. The zero-order valence-corrected chi connectivity index (χ0v) is 14.4. The van der Waals surface area contributed by atoms with Gasteiger partial charge in [0.2, 0.25) is 0 Å². The number of aromatic nitrogens is 2.